The summed E-state index contributed by atoms with van der Waals surface area (Å²) in [7, 11) is 0. The molecule has 1 rings (SSSR count). The summed E-state index contributed by atoms with van der Waals surface area (Å²) in [6, 6.07) is 2.87. The highest BCUT2D eigenvalue weighted by Crippen LogP contribution is 2.36. The summed E-state index contributed by atoms with van der Waals surface area (Å²) in [6.45, 7) is 2.29. The lowest BCUT2D eigenvalue weighted by Gasteiger charge is -2.07. The Morgan fingerprint density at radius 1 is 1.38 bits per heavy atom. The molecule has 0 aliphatic rings. The van der Waals surface area contributed by atoms with Gasteiger partial charge in [0.15, 0.2) is 11.5 Å². The number of phenols is 2. The van der Waals surface area contributed by atoms with Gasteiger partial charge in [0.25, 0.3) is 0 Å². The number of rotatable bonds is 4. The number of ether oxygens (including phenoxy) is 1. The van der Waals surface area contributed by atoms with E-state index in [4.69, 9.17) is 4.74 Å². The van der Waals surface area contributed by atoms with Gasteiger partial charge in [0, 0.05) is 0 Å². The minimum absolute atomic E-state index is 0.0307. The molecule has 0 atom stereocenters. The predicted molar refractivity (Wildman–Crippen MR) is 62.7 cm³/mol. The molecule has 0 amide bonds. The van der Waals surface area contributed by atoms with Crippen LogP contribution in [-0.2, 0) is 4.74 Å². The van der Waals surface area contributed by atoms with Crippen LogP contribution in [0.15, 0.2) is 16.6 Å². The van der Waals surface area contributed by atoms with Crippen molar-refractivity contribution in [1.29, 1.82) is 0 Å². The van der Waals surface area contributed by atoms with E-state index >= 15 is 0 Å². The van der Waals surface area contributed by atoms with Crippen molar-refractivity contribution >= 4 is 21.9 Å². The van der Waals surface area contributed by atoms with Gasteiger partial charge in [0.1, 0.15) is 5.56 Å². The van der Waals surface area contributed by atoms with Gasteiger partial charge in [-0.25, -0.2) is 4.79 Å². The second kappa shape index (κ2) is 5.75. The zero-order valence-electron chi connectivity index (χ0n) is 8.86. The maximum atomic E-state index is 11.5. The average Bonchev–Trinajstić information content (AvgIpc) is 2.26. The number of halogens is 1. The molecule has 1 aromatic carbocycles. The molecule has 0 fully saturated rings. The quantitative estimate of drug-likeness (QED) is 0.508. The standard InChI is InChI=1S/C11H13BrO4/c1-2-3-6-16-11(15)7-4-5-8(12)10(14)9(7)13/h4-5,13-14H,2-3,6H2,1H3. The smallest absolute Gasteiger partial charge is 0.342 e. The number of esters is 1. The zero-order valence-corrected chi connectivity index (χ0v) is 10.5. The third-order valence-electron chi connectivity index (χ3n) is 2.05. The van der Waals surface area contributed by atoms with Crippen LogP contribution in [0.25, 0.3) is 0 Å². The van der Waals surface area contributed by atoms with E-state index in [2.05, 4.69) is 15.9 Å². The number of carbonyl (C=O) groups excluding carboxylic acids is 1. The van der Waals surface area contributed by atoms with Gasteiger partial charge in [-0.1, -0.05) is 13.3 Å². The molecule has 0 aliphatic heterocycles. The van der Waals surface area contributed by atoms with Gasteiger partial charge in [-0.05, 0) is 34.5 Å². The van der Waals surface area contributed by atoms with E-state index in [9.17, 15) is 15.0 Å². The summed E-state index contributed by atoms with van der Waals surface area (Å²) < 4.78 is 5.25. The summed E-state index contributed by atoms with van der Waals surface area (Å²) in [4.78, 5) is 11.5. The maximum Gasteiger partial charge on any atom is 0.342 e. The summed E-state index contributed by atoms with van der Waals surface area (Å²) in [5, 5.41) is 18.9. The molecule has 0 radical (unpaired) electrons. The fourth-order valence-electron chi connectivity index (χ4n) is 1.11. The highest BCUT2D eigenvalue weighted by atomic mass is 79.9. The molecule has 4 nitrogen and oxygen atoms in total. The molecule has 0 saturated heterocycles. The Morgan fingerprint density at radius 2 is 2.06 bits per heavy atom. The Balaban J connectivity index is 2.80. The Kier molecular flexibility index (Phi) is 4.61. The molecule has 1 aromatic rings. The van der Waals surface area contributed by atoms with Crippen molar-refractivity contribution in [1.82, 2.24) is 0 Å². The van der Waals surface area contributed by atoms with E-state index in [1.54, 1.807) is 0 Å². The summed E-state index contributed by atoms with van der Waals surface area (Å²) in [6.07, 6.45) is 1.69. The van der Waals surface area contributed by atoms with Crippen LogP contribution in [0, 0.1) is 0 Å². The van der Waals surface area contributed by atoms with E-state index in [0.717, 1.165) is 12.8 Å². The minimum Gasteiger partial charge on any atom is -0.504 e. The third-order valence-corrected chi connectivity index (χ3v) is 2.69. The second-order valence-corrected chi connectivity index (χ2v) is 4.14. The van der Waals surface area contributed by atoms with E-state index in [-0.39, 0.29) is 11.3 Å². The van der Waals surface area contributed by atoms with Gasteiger partial charge < -0.3 is 14.9 Å². The molecule has 0 unspecified atom stereocenters. The number of unbranched alkanes of at least 4 members (excludes halogenated alkanes) is 1. The Bertz CT molecular complexity index is 390. The van der Waals surface area contributed by atoms with Crippen molar-refractivity contribution in [2.45, 2.75) is 19.8 Å². The van der Waals surface area contributed by atoms with Gasteiger partial charge in [-0.2, -0.15) is 0 Å². The van der Waals surface area contributed by atoms with Gasteiger partial charge in [-0.3, -0.25) is 0 Å². The highest BCUT2D eigenvalue weighted by Gasteiger charge is 2.17. The third kappa shape index (κ3) is 2.88. The van der Waals surface area contributed by atoms with Gasteiger partial charge in [0.05, 0.1) is 11.1 Å². The van der Waals surface area contributed by atoms with Crippen LogP contribution in [0.5, 0.6) is 11.5 Å². The fraction of sp³-hybridized carbons (Fsp3) is 0.364. The molecule has 0 heterocycles. The largest absolute Gasteiger partial charge is 0.504 e. The molecule has 5 heteroatoms. The zero-order chi connectivity index (χ0) is 12.1. The number of aromatic hydroxyl groups is 2. The Labute approximate surface area is 102 Å². The molecule has 0 aromatic heterocycles. The highest BCUT2D eigenvalue weighted by molar-refractivity contribution is 9.10. The summed E-state index contributed by atoms with van der Waals surface area (Å²) >= 11 is 3.03. The first kappa shape index (κ1) is 12.8. The van der Waals surface area contributed by atoms with Gasteiger partial charge in [0.2, 0.25) is 0 Å². The maximum absolute atomic E-state index is 11.5. The van der Waals surface area contributed by atoms with Crippen molar-refractivity contribution < 1.29 is 19.7 Å². The normalized spacial score (nSPS) is 10.1. The average molecular weight is 289 g/mol. The SMILES string of the molecule is CCCCOC(=O)c1ccc(Br)c(O)c1O. The molecule has 0 saturated carbocycles. The Morgan fingerprint density at radius 3 is 2.69 bits per heavy atom. The van der Waals surface area contributed by atoms with Crippen LogP contribution in [0.3, 0.4) is 0 Å². The second-order valence-electron chi connectivity index (χ2n) is 3.28. The van der Waals surface area contributed by atoms with Crippen LogP contribution < -0.4 is 0 Å². The van der Waals surface area contributed by atoms with Crippen LogP contribution in [-0.4, -0.2) is 22.8 Å². The van der Waals surface area contributed by atoms with Gasteiger partial charge in [-0.15, -0.1) is 0 Å². The number of benzene rings is 1. The van der Waals surface area contributed by atoms with Crippen molar-refractivity contribution in [2.75, 3.05) is 6.61 Å². The molecule has 16 heavy (non-hydrogen) atoms. The number of hydrogen-bond acceptors (Lipinski definition) is 4. The van der Waals surface area contributed by atoms with Crippen molar-refractivity contribution in [3.63, 3.8) is 0 Å². The summed E-state index contributed by atoms with van der Waals surface area (Å²) in [5.74, 6) is -1.45. The van der Waals surface area contributed by atoms with Crippen LogP contribution >= 0.6 is 15.9 Å². The number of hydrogen-bond donors (Lipinski definition) is 2. The van der Waals surface area contributed by atoms with Crippen molar-refractivity contribution in [2.24, 2.45) is 0 Å². The molecule has 0 bridgehead atoms. The number of phenolic OH excluding ortho intramolecular Hbond substituents is 2. The fourth-order valence-corrected chi connectivity index (χ4v) is 1.43. The molecule has 0 spiro atoms. The van der Waals surface area contributed by atoms with Gasteiger partial charge >= 0.3 is 5.97 Å². The number of carbonyl (C=O) groups is 1. The predicted octanol–water partition coefficient (Wildman–Crippen LogP) is 2.82. The molecule has 0 aliphatic carbocycles. The van der Waals surface area contributed by atoms with E-state index < -0.39 is 11.7 Å². The first-order chi connectivity index (χ1) is 7.57. The van der Waals surface area contributed by atoms with Crippen LogP contribution in [0.2, 0.25) is 0 Å². The van der Waals surface area contributed by atoms with E-state index in [1.165, 1.54) is 12.1 Å². The molecular weight excluding hydrogens is 276 g/mol. The molecular formula is C11H13BrO4. The minimum atomic E-state index is -0.631. The molecule has 2 N–H and O–H groups in total. The van der Waals surface area contributed by atoms with E-state index in [0.29, 0.717) is 11.1 Å². The Hall–Kier alpha value is -1.23. The lowest BCUT2D eigenvalue weighted by Crippen LogP contribution is -2.06. The lowest BCUT2D eigenvalue weighted by atomic mass is 10.2. The van der Waals surface area contributed by atoms with Crippen LogP contribution in [0.1, 0.15) is 30.1 Å². The van der Waals surface area contributed by atoms with Crippen LogP contribution in [0.4, 0.5) is 0 Å². The van der Waals surface area contributed by atoms with Crippen molar-refractivity contribution in [3.8, 4) is 11.5 Å². The van der Waals surface area contributed by atoms with E-state index in [1.807, 2.05) is 6.92 Å². The lowest BCUT2D eigenvalue weighted by molar-refractivity contribution is 0.0495. The summed E-state index contributed by atoms with van der Waals surface area (Å²) in [5.41, 5.74) is -0.0307. The topological polar surface area (TPSA) is 66.8 Å². The monoisotopic (exact) mass is 288 g/mol. The molecule has 88 valence electrons. The first-order valence-electron chi connectivity index (χ1n) is 4.95. The van der Waals surface area contributed by atoms with Crippen molar-refractivity contribution in [3.05, 3.63) is 22.2 Å². The first-order valence-corrected chi connectivity index (χ1v) is 5.74.